The summed E-state index contributed by atoms with van der Waals surface area (Å²) >= 11 is 0. The van der Waals surface area contributed by atoms with E-state index < -0.39 is 0 Å². The molecule has 2 heteroatoms. The third-order valence-electron chi connectivity index (χ3n) is 5.77. The molecular formula is C16H28O2. The molecule has 4 saturated carbocycles. The van der Waals surface area contributed by atoms with Crippen LogP contribution in [0.1, 0.15) is 58.8 Å². The van der Waals surface area contributed by atoms with E-state index in [1.165, 1.54) is 38.5 Å². The summed E-state index contributed by atoms with van der Waals surface area (Å²) in [6.45, 7) is 5.49. The van der Waals surface area contributed by atoms with Crippen LogP contribution in [0.25, 0.3) is 0 Å². The molecule has 3 unspecified atom stereocenters. The fourth-order valence-electron chi connectivity index (χ4n) is 6.66. The van der Waals surface area contributed by atoms with E-state index in [0.29, 0.717) is 22.9 Å². The zero-order chi connectivity index (χ0) is 13.0. The van der Waals surface area contributed by atoms with E-state index in [4.69, 9.17) is 4.74 Å². The normalized spacial score (nSPS) is 51.7. The van der Waals surface area contributed by atoms with Gasteiger partial charge in [0, 0.05) is 7.11 Å². The van der Waals surface area contributed by atoms with E-state index in [1.807, 2.05) is 0 Å². The summed E-state index contributed by atoms with van der Waals surface area (Å²) < 4.78 is 5.12. The van der Waals surface area contributed by atoms with Crippen LogP contribution in [0.4, 0.5) is 0 Å². The minimum atomic E-state index is -0.265. The predicted octanol–water partition coefficient (Wildman–Crippen LogP) is 3.38. The molecule has 4 aliphatic rings. The molecule has 4 bridgehead atoms. The molecule has 0 saturated heterocycles. The Morgan fingerprint density at radius 2 is 1.72 bits per heavy atom. The molecule has 0 aliphatic heterocycles. The topological polar surface area (TPSA) is 29.5 Å². The molecule has 104 valence electrons. The molecular weight excluding hydrogens is 224 g/mol. The molecule has 0 aromatic rings. The zero-order valence-electron chi connectivity index (χ0n) is 12.2. The number of methoxy groups -OCH3 is 1. The summed E-state index contributed by atoms with van der Waals surface area (Å²) in [7, 11) is 1.69. The third kappa shape index (κ3) is 2.12. The van der Waals surface area contributed by atoms with E-state index in [-0.39, 0.29) is 6.10 Å². The lowest BCUT2D eigenvalue weighted by Gasteiger charge is -2.66. The maximum atomic E-state index is 10.2. The van der Waals surface area contributed by atoms with Gasteiger partial charge in [0.15, 0.2) is 0 Å². The number of aliphatic hydroxyl groups excluding tert-OH is 1. The highest BCUT2D eigenvalue weighted by Gasteiger charge is 2.60. The second-order valence-corrected chi connectivity index (χ2v) is 8.44. The monoisotopic (exact) mass is 252 g/mol. The lowest BCUT2D eigenvalue weighted by atomic mass is 9.39. The van der Waals surface area contributed by atoms with Gasteiger partial charge in [0.1, 0.15) is 0 Å². The molecule has 4 rings (SSSR count). The van der Waals surface area contributed by atoms with Crippen LogP contribution in [0.5, 0.6) is 0 Å². The molecule has 18 heavy (non-hydrogen) atoms. The first kappa shape index (κ1) is 12.9. The zero-order valence-corrected chi connectivity index (χ0v) is 12.2. The Kier molecular flexibility index (Phi) is 2.84. The highest BCUT2D eigenvalue weighted by Crippen LogP contribution is 2.70. The summed E-state index contributed by atoms with van der Waals surface area (Å²) in [6.07, 6.45) is 9.02. The van der Waals surface area contributed by atoms with E-state index in [0.717, 1.165) is 12.3 Å². The van der Waals surface area contributed by atoms with Gasteiger partial charge in [0.05, 0.1) is 12.7 Å². The Bertz CT molecular complexity index is 320. The van der Waals surface area contributed by atoms with Gasteiger partial charge in [-0.3, -0.25) is 0 Å². The molecule has 1 N–H and O–H groups in total. The number of ether oxygens (including phenoxy) is 1. The van der Waals surface area contributed by atoms with Gasteiger partial charge in [-0.05, 0) is 67.1 Å². The lowest BCUT2D eigenvalue weighted by Crippen LogP contribution is -2.55. The van der Waals surface area contributed by atoms with E-state index >= 15 is 0 Å². The molecule has 0 spiro atoms. The molecule has 0 heterocycles. The van der Waals surface area contributed by atoms with Gasteiger partial charge in [-0.2, -0.15) is 0 Å². The standard InChI is InChI=1S/C16H28O2/c1-14-4-12-5-15(2,9-14)11-16(6-12,10-14)7-13(17)8-18-3/h12-13,17H,4-11H2,1-3H3. The van der Waals surface area contributed by atoms with Crippen molar-refractivity contribution in [2.45, 2.75) is 64.9 Å². The minimum Gasteiger partial charge on any atom is -0.391 e. The van der Waals surface area contributed by atoms with Crippen LogP contribution in [0, 0.1) is 22.2 Å². The van der Waals surface area contributed by atoms with Gasteiger partial charge in [0.25, 0.3) is 0 Å². The van der Waals surface area contributed by atoms with Gasteiger partial charge in [-0.25, -0.2) is 0 Å². The molecule has 4 fully saturated rings. The molecule has 0 aromatic carbocycles. The number of hydrogen-bond donors (Lipinski definition) is 1. The second kappa shape index (κ2) is 3.96. The molecule has 4 aliphatic carbocycles. The van der Waals surface area contributed by atoms with Crippen molar-refractivity contribution >= 4 is 0 Å². The van der Waals surface area contributed by atoms with Gasteiger partial charge in [-0.1, -0.05) is 13.8 Å². The smallest absolute Gasteiger partial charge is 0.0778 e. The van der Waals surface area contributed by atoms with E-state index in [2.05, 4.69) is 13.8 Å². The number of rotatable bonds is 4. The quantitative estimate of drug-likeness (QED) is 0.831. The average Bonchev–Trinajstić information content (AvgIpc) is 2.09. The minimum absolute atomic E-state index is 0.265. The first-order chi connectivity index (χ1) is 8.36. The average molecular weight is 252 g/mol. The van der Waals surface area contributed by atoms with E-state index in [9.17, 15) is 5.11 Å². The van der Waals surface area contributed by atoms with Crippen molar-refractivity contribution in [1.29, 1.82) is 0 Å². The van der Waals surface area contributed by atoms with Crippen molar-refractivity contribution < 1.29 is 9.84 Å². The predicted molar refractivity (Wildman–Crippen MR) is 72.3 cm³/mol. The van der Waals surface area contributed by atoms with Gasteiger partial charge < -0.3 is 9.84 Å². The molecule has 0 radical (unpaired) electrons. The first-order valence-electron chi connectivity index (χ1n) is 7.53. The summed E-state index contributed by atoms with van der Waals surface area (Å²) in [5.41, 5.74) is 1.53. The summed E-state index contributed by atoms with van der Waals surface area (Å²) in [4.78, 5) is 0. The van der Waals surface area contributed by atoms with Crippen LogP contribution in [-0.2, 0) is 4.74 Å². The van der Waals surface area contributed by atoms with Gasteiger partial charge in [-0.15, -0.1) is 0 Å². The van der Waals surface area contributed by atoms with Crippen LogP contribution in [0.2, 0.25) is 0 Å². The van der Waals surface area contributed by atoms with Crippen molar-refractivity contribution in [1.82, 2.24) is 0 Å². The van der Waals surface area contributed by atoms with E-state index in [1.54, 1.807) is 7.11 Å². The maximum Gasteiger partial charge on any atom is 0.0778 e. The largest absolute Gasteiger partial charge is 0.391 e. The Morgan fingerprint density at radius 3 is 2.22 bits per heavy atom. The lowest BCUT2D eigenvalue weighted by molar-refractivity contribution is -0.159. The van der Waals surface area contributed by atoms with Crippen molar-refractivity contribution in [3.63, 3.8) is 0 Å². The number of hydrogen-bond acceptors (Lipinski definition) is 2. The molecule has 0 amide bonds. The Labute approximate surface area is 111 Å². The highest BCUT2D eigenvalue weighted by atomic mass is 16.5. The molecule has 0 aromatic heterocycles. The van der Waals surface area contributed by atoms with Gasteiger partial charge in [0.2, 0.25) is 0 Å². The Balaban J connectivity index is 1.80. The third-order valence-corrected chi connectivity index (χ3v) is 5.77. The number of aliphatic hydroxyl groups is 1. The summed E-state index contributed by atoms with van der Waals surface area (Å²) in [6, 6.07) is 0. The van der Waals surface area contributed by atoms with Crippen molar-refractivity contribution in [2.75, 3.05) is 13.7 Å². The van der Waals surface area contributed by atoms with Crippen molar-refractivity contribution in [3.8, 4) is 0 Å². The fourth-order valence-corrected chi connectivity index (χ4v) is 6.66. The Hall–Kier alpha value is -0.0800. The SMILES string of the molecule is COCC(O)CC12CC3CC(C)(CC(C)(C3)C1)C2. The summed E-state index contributed by atoms with van der Waals surface area (Å²) in [5.74, 6) is 0.922. The van der Waals surface area contributed by atoms with Crippen LogP contribution in [0.3, 0.4) is 0 Å². The van der Waals surface area contributed by atoms with Crippen LogP contribution >= 0.6 is 0 Å². The highest BCUT2D eigenvalue weighted by molar-refractivity contribution is 5.10. The van der Waals surface area contributed by atoms with Gasteiger partial charge >= 0.3 is 0 Å². The van der Waals surface area contributed by atoms with Crippen molar-refractivity contribution in [2.24, 2.45) is 22.2 Å². The molecule has 2 nitrogen and oxygen atoms in total. The van der Waals surface area contributed by atoms with Crippen LogP contribution in [-0.4, -0.2) is 24.9 Å². The first-order valence-corrected chi connectivity index (χ1v) is 7.53. The summed E-state index contributed by atoms with van der Waals surface area (Å²) in [5, 5.41) is 10.2. The maximum absolute atomic E-state index is 10.2. The van der Waals surface area contributed by atoms with Crippen LogP contribution in [0.15, 0.2) is 0 Å². The van der Waals surface area contributed by atoms with Crippen molar-refractivity contribution in [3.05, 3.63) is 0 Å². The fraction of sp³-hybridized carbons (Fsp3) is 1.00. The van der Waals surface area contributed by atoms with Crippen LogP contribution < -0.4 is 0 Å². The Morgan fingerprint density at radius 1 is 1.11 bits per heavy atom. The second-order valence-electron chi connectivity index (χ2n) is 8.44. The molecule has 3 atom stereocenters.